The minimum absolute atomic E-state index is 0.171. The number of fused-ring (bicyclic) bond motifs is 1. The number of nitrogens with zero attached hydrogens (tertiary/aromatic N) is 3. The number of aliphatic hydroxyl groups excluding tert-OH is 1. The molecule has 0 saturated carbocycles. The molecule has 3 aromatic carbocycles. The van der Waals surface area contributed by atoms with Gasteiger partial charge in [0.25, 0.3) is 0 Å². The van der Waals surface area contributed by atoms with Crippen LogP contribution in [-0.2, 0) is 5.41 Å². The van der Waals surface area contributed by atoms with Crippen molar-refractivity contribution in [3.8, 4) is 23.1 Å². The van der Waals surface area contributed by atoms with Crippen molar-refractivity contribution in [1.29, 1.82) is 5.26 Å². The topological polar surface area (TPSA) is 82.5 Å². The van der Waals surface area contributed by atoms with Gasteiger partial charge in [0.2, 0.25) is 0 Å². The molecule has 1 aliphatic rings. The molecule has 7 heteroatoms. The summed E-state index contributed by atoms with van der Waals surface area (Å²) in [5.41, 5.74) is 2.48. The van der Waals surface area contributed by atoms with Gasteiger partial charge in [-0.15, -0.1) is 0 Å². The Kier molecular flexibility index (Phi) is 6.49. The van der Waals surface area contributed by atoms with Crippen LogP contribution in [0.15, 0.2) is 77.3 Å². The summed E-state index contributed by atoms with van der Waals surface area (Å²) in [6.07, 6.45) is 0.841. The maximum absolute atomic E-state index is 13.4. The van der Waals surface area contributed by atoms with Crippen LogP contribution in [0.2, 0.25) is 0 Å². The third-order valence-electron chi connectivity index (χ3n) is 6.72. The Morgan fingerprint density at radius 3 is 2.54 bits per heavy atom. The molecule has 0 spiro atoms. The Bertz CT molecular complexity index is 1320. The molecule has 0 radical (unpaired) electrons. The van der Waals surface area contributed by atoms with Crippen molar-refractivity contribution < 1.29 is 18.8 Å². The number of ether oxygens (including phenoxy) is 1. The average molecular weight is 472 g/mol. The molecule has 2 heterocycles. The SMILES string of the molecule is N#CC1(c2ccccc2)CCN(C[C@@H](O)COc2ccc(-c3noc4cc(F)ccc34)cc2)CC1. The number of rotatable bonds is 7. The number of benzene rings is 3. The lowest BCUT2D eigenvalue weighted by Crippen LogP contribution is -2.45. The number of aliphatic hydroxyl groups is 1. The van der Waals surface area contributed by atoms with E-state index in [0.29, 0.717) is 23.6 Å². The number of halogens is 1. The van der Waals surface area contributed by atoms with E-state index in [0.717, 1.165) is 42.4 Å². The fourth-order valence-electron chi connectivity index (χ4n) is 4.71. The van der Waals surface area contributed by atoms with E-state index >= 15 is 0 Å². The van der Waals surface area contributed by atoms with Gasteiger partial charge in [-0.2, -0.15) is 5.26 Å². The molecule has 35 heavy (non-hydrogen) atoms. The van der Waals surface area contributed by atoms with Crippen LogP contribution >= 0.6 is 0 Å². The quantitative estimate of drug-likeness (QED) is 0.412. The summed E-state index contributed by atoms with van der Waals surface area (Å²) in [5, 5.41) is 25.2. The van der Waals surface area contributed by atoms with Crippen LogP contribution in [0.4, 0.5) is 4.39 Å². The van der Waals surface area contributed by atoms with Crippen molar-refractivity contribution in [2.45, 2.75) is 24.4 Å². The van der Waals surface area contributed by atoms with E-state index < -0.39 is 11.5 Å². The first kappa shape index (κ1) is 23.0. The lowest BCUT2D eigenvalue weighted by molar-refractivity contribution is 0.0553. The summed E-state index contributed by atoms with van der Waals surface area (Å²) in [4.78, 5) is 2.19. The van der Waals surface area contributed by atoms with E-state index in [1.54, 1.807) is 6.07 Å². The highest BCUT2D eigenvalue weighted by Gasteiger charge is 2.36. The van der Waals surface area contributed by atoms with Crippen LogP contribution in [0.1, 0.15) is 18.4 Å². The van der Waals surface area contributed by atoms with Gasteiger partial charge in [-0.05, 0) is 54.8 Å². The molecule has 6 nitrogen and oxygen atoms in total. The second-order valence-corrected chi connectivity index (χ2v) is 9.02. The van der Waals surface area contributed by atoms with Crippen LogP contribution in [-0.4, -0.2) is 47.5 Å². The number of piperidine rings is 1. The molecule has 0 aliphatic carbocycles. The lowest BCUT2D eigenvalue weighted by Gasteiger charge is -2.38. The molecule has 0 amide bonds. The first-order valence-electron chi connectivity index (χ1n) is 11.7. The average Bonchev–Trinajstić information content (AvgIpc) is 3.32. The van der Waals surface area contributed by atoms with E-state index in [1.165, 1.54) is 12.1 Å². The zero-order chi connectivity index (χ0) is 24.3. The molecular formula is C28H26FN3O3. The zero-order valence-corrected chi connectivity index (χ0v) is 19.2. The van der Waals surface area contributed by atoms with Crippen LogP contribution in [0.25, 0.3) is 22.2 Å². The van der Waals surface area contributed by atoms with Crippen LogP contribution in [0, 0.1) is 17.1 Å². The van der Waals surface area contributed by atoms with Crippen LogP contribution in [0.3, 0.4) is 0 Å². The number of hydrogen-bond donors (Lipinski definition) is 1. The summed E-state index contributed by atoms with van der Waals surface area (Å²) in [5.74, 6) is 0.269. The van der Waals surface area contributed by atoms with E-state index in [2.05, 4.69) is 16.1 Å². The molecule has 1 saturated heterocycles. The van der Waals surface area contributed by atoms with Gasteiger partial charge in [0.1, 0.15) is 30.0 Å². The molecule has 5 rings (SSSR count). The van der Waals surface area contributed by atoms with Crippen LogP contribution in [0.5, 0.6) is 5.75 Å². The summed E-state index contributed by atoms with van der Waals surface area (Å²) in [6.45, 7) is 2.17. The van der Waals surface area contributed by atoms with Gasteiger partial charge in [-0.25, -0.2) is 4.39 Å². The summed E-state index contributed by atoms with van der Waals surface area (Å²) in [6, 6.07) is 24.2. The number of hydrogen-bond acceptors (Lipinski definition) is 6. The Labute approximate surface area is 203 Å². The predicted molar refractivity (Wildman–Crippen MR) is 130 cm³/mol. The Balaban J connectivity index is 1.13. The number of aromatic nitrogens is 1. The van der Waals surface area contributed by atoms with Gasteiger partial charge in [-0.1, -0.05) is 35.5 Å². The second-order valence-electron chi connectivity index (χ2n) is 9.02. The van der Waals surface area contributed by atoms with E-state index in [-0.39, 0.29) is 12.4 Å². The minimum Gasteiger partial charge on any atom is -0.491 e. The van der Waals surface area contributed by atoms with Crippen molar-refractivity contribution >= 4 is 11.0 Å². The second kappa shape index (κ2) is 9.87. The predicted octanol–water partition coefficient (Wildman–Crippen LogP) is 4.93. The molecule has 1 fully saturated rings. The highest BCUT2D eigenvalue weighted by atomic mass is 19.1. The lowest BCUT2D eigenvalue weighted by atomic mass is 9.74. The smallest absolute Gasteiger partial charge is 0.170 e. The first-order valence-corrected chi connectivity index (χ1v) is 11.7. The summed E-state index contributed by atoms with van der Waals surface area (Å²) in [7, 11) is 0. The van der Waals surface area contributed by atoms with E-state index in [4.69, 9.17) is 9.26 Å². The Hall–Kier alpha value is -3.73. The first-order chi connectivity index (χ1) is 17.1. The van der Waals surface area contributed by atoms with Gasteiger partial charge in [0.05, 0.1) is 11.5 Å². The zero-order valence-electron chi connectivity index (χ0n) is 19.2. The maximum atomic E-state index is 13.4. The van der Waals surface area contributed by atoms with Crippen molar-refractivity contribution in [2.75, 3.05) is 26.2 Å². The summed E-state index contributed by atoms with van der Waals surface area (Å²) >= 11 is 0. The monoisotopic (exact) mass is 471 g/mol. The molecule has 1 aliphatic heterocycles. The van der Waals surface area contributed by atoms with Gasteiger partial charge < -0.3 is 19.3 Å². The standard InChI is InChI=1S/C28H26FN3O3/c29-22-8-11-25-26(16-22)35-31-27(25)20-6-9-24(10-7-20)34-18-23(33)17-32-14-12-28(19-30,13-15-32)21-4-2-1-3-5-21/h1-11,16,23,33H,12-15,17-18H2/t23-/m1/s1. The Morgan fingerprint density at radius 1 is 1.09 bits per heavy atom. The van der Waals surface area contributed by atoms with Crippen molar-refractivity contribution in [2.24, 2.45) is 0 Å². The largest absolute Gasteiger partial charge is 0.491 e. The molecule has 178 valence electrons. The van der Waals surface area contributed by atoms with Crippen LogP contribution < -0.4 is 4.74 Å². The van der Waals surface area contributed by atoms with E-state index in [9.17, 15) is 14.8 Å². The molecule has 1 aromatic heterocycles. The van der Waals surface area contributed by atoms with Crippen molar-refractivity contribution in [1.82, 2.24) is 10.1 Å². The third-order valence-corrected chi connectivity index (χ3v) is 6.72. The fraction of sp³-hybridized carbons (Fsp3) is 0.286. The normalized spacial score (nSPS) is 16.6. The molecule has 4 aromatic rings. The van der Waals surface area contributed by atoms with Gasteiger partial charge in [-0.3, -0.25) is 0 Å². The molecule has 0 unspecified atom stereocenters. The minimum atomic E-state index is -0.643. The highest BCUT2D eigenvalue weighted by molar-refractivity contribution is 5.91. The number of β-amino-alcohol motifs (C(OH)–C–C–N with tert-alkyl or cyclic N) is 1. The summed E-state index contributed by atoms with van der Waals surface area (Å²) < 4.78 is 24.4. The van der Waals surface area contributed by atoms with Gasteiger partial charge in [0.15, 0.2) is 5.58 Å². The Morgan fingerprint density at radius 2 is 1.83 bits per heavy atom. The van der Waals surface area contributed by atoms with Crippen molar-refractivity contribution in [3.05, 3.63) is 84.2 Å². The molecular weight excluding hydrogens is 445 g/mol. The maximum Gasteiger partial charge on any atom is 0.170 e. The fourth-order valence-corrected chi connectivity index (χ4v) is 4.71. The molecule has 1 N–H and O–H groups in total. The third kappa shape index (κ3) is 4.90. The van der Waals surface area contributed by atoms with Crippen molar-refractivity contribution in [3.63, 3.8) is 0 Å². The molecule has 1 atom stereocenters. The number of nitriles is 1. The molecule has 0 bridgehead atoms. The van der Waals surface area contributed by atoms with Gasteiger partial charge >= 0.3 is 0 Å². The van der Waals surface area contributed by atoms with E-state index in [1.807, 2.05) is 54.6 Å². The number of likely N-dealkylation sites (tertiary alicyclic amines) is 1. The highest BCUT2D eigenvalue weighted by Crippen LogP contribution is 2.35. The van der Waals surface area contributed by atoms with Gasteiger partial charge in [0, 0.05) is 36.7 Å².